The van der Waals surface area contributed by atoms with Gasteiger partial charge in [0.15, 0.2) is 6.23 Å². The molecule has 0 aliphatic carbocycles. The number of hydrogen-bond acceptors (Lipinski definition) is 8. The van der Waals surface area contributed by atoms with Gasteiger partial charge in [0.25, 0.3) is 0 Å². The first-order valence-corrected chi connectivity index (χ1v) is 4.87. The average molecular weight is 244 g/mol. The topological polar surface area (TPSA) is 144 Å². The molecule has 2 rings (SSSR count). The van der Waals surface area contributed by atoms with Crippen LogP contribution in [0.4, 0.5) is 5.95 Å². The van der Waals surface area contributed by atoms with Gasteiger partial charge in [-0.2, -0.15) is 4.98 Å². The molecule has 94 valence electrons. The Bertz CT molecular complexity index is 463. The van der Waals surface area contributed by atoms with Gasteiger partial charge < -0.3 is 25.8 Å². The van der Waals surface area contributed by atoms with E-state index in [4.69, 9.17) is 15.6 Å². The van der Waals surface area contributed by atoms with Gasteiger partial charge in [-0.3, -0.25) is 4.57 Å². The number of ether oxygens (including phenoxy) is 1. The lowest BCUT2D eigenvalue weighted by Gasteiger charge is -2.16. The summed E-state index contributed by atoms with van der Waals surface area (Å²) in [6.07, 6.45) is -3.67. The summed E-state index contributed by atoms with van der Waals surface area (Å²) in [5.74, 6) is -0.196. The molecule has 1 aromatic rings. The molecule has 2 heterocycles. The lowest BCUT2D eigenvalue weighted by Crippen LogP contribution is -2.36. The second-order valence-electron chi connectivity index (χ2n) is 3.63. The maximum atomic E-state index is 11.5. The number of nitrogens with zero attached hydrogens (tertiary/aromatic N) is 3. The third-order valence-electron chi connectivity index (χ3n) is 2.54. The fraction of sp³-hybridized carbons (Fsp3) is 0.625. The van der Waals surface area contributed by atoms with Crippen LogP contribution in [0.3, 0.4) is 0 Å². The molecule has 4 atom stereocenters. The van der Waals surface area contributed by atoms with Crippen molar-refractivity contribution < 1.29 is 20.1 Å². The summed E-state index contributed by atoms with van der Waals surface area (Å²) in [5.41, 5.74) is 4.46. The first-order valence-electron chi connectivity index (χ1n) is 4.87. The van der Waals surface area contributed by atoms with Gasteiger partial charge in [-0.1, -0.05) is 0 Å². The maximum Gasteiger partial charge on any atom is 0.354 e. The number of nitrogens with two attached hydrogens (primary N) is 1. The summed E-state index contributed by atoms with van der Waals surface area (Å²) < 4.78 is 6.04. The predicted molar refractivity (Wildman–Crippen MR) is 53.7 cm³/mol. The fourth-order valence-corrected chi connectivity index (χ4v) is 1.64. The number of anilines is 1. The van der Waals surface area contributed by atoms with Crippen LogP contribution in [-0.2, 0) is 4.74 Å². The highest BCUT2D eigenvalue weighted by Crippen LogP contribution is 2.27. The largest absolute Gasteiger partial charge is 0.394 e. The van der Waals surface area contributed by atoms with Crippen molar-refractivity contribution in [1.82, 2.24) is 14.5 Å². The Morgan fingerprint density at radius 1 is 1.47 bits per heavy atom. The number of hydrogen-bond donors (Lipinski definition) is 4. The van der Waals surface area contributed by atoms with E-state index >= 15 is 0 Å². The minimum atomic E-state index is -1.35. The molecule has 0 spiro atoms. The van der Waals surface area contributed by atoms with Crippen molar-refractivity contribution in [3.8, 4) is 0 Å². The first kappa shape index (κ1) is 11.9. The Hall–Kier alpha value is -1.55. The molecule has 5 N–H and O–H groups in total. The number of aliphatic hydroxyl groups is 3. The van der Waals surface area contributed by atoms with E-state index in [2.05, 4.69) is 9.97 Å². The molecule has 1 aliphatic rings. The van der Waals surface area contributed by atoms with Crippen LogP contribution in [0.25, 0.3) is 0 Å². The van der Waals surface area contributed by atoms with Crippen LogP contribution in [0.15, 0.2) is 11.1 Å². The van der Waals surface area contributed by atoms with E-state index in [9.17, 15) is 15.0 Å². The van der Waals surface area contributed by atoms with Gasteiger partial charge in [0, 0.05) is 0 Å². The molecule has 9 nitrogen and oxygen atoms in total. The molecule has 0 saturated carbocycles. The van der Waals surface area contributed by atoms with E-state index in [1.165, 1.54) is 0 Å². The molecular weight excluding hydrogens is 232 g/mol. The maximum absolute atomic E-state index is 11.5. The molecule has 0 radical (unpaired) electrons. The zero-order chi connectivity index (χ0) is 12.6. The zero-order valence-corrected chi connectivity index (χ0v) is 8.67. The first-order chi connectivity index (χ1) is 8.04. The highest BCUT2D eigenvalue weighted by Gasteiger charge is 2.43. The van der Waals surface area contributed by atoms with Gasteiger partial charge in [-0.05, 0) is 0 Å². The number of aromatic nitrogens is 3. The Morgan fingerprint density at radius 3 is 2.71 bits per heavy atom. The molecular formula is C8H12N4O5. The SMILES string of the molecule is Nc1ncn([C@@H]2OC(CO)C(O)C2O)c(=O)n1. The molecule has 1 fully saturated rings. The summed E-state index contributed by atoms with van der Waals surface area (Å²) in [6, 6.07) is 0. The quantitative estimate of drug-likeness (QED) is 0.426. The number of rotatable bonds is 2. The normalized spacial score (nSPS) is 32.9. The summed E-state index contributed by atoms with van der Waals surface area (Å²) >= 11 is 0. The van der Waals surface area contributed by atoms with Crippen LogP contribution in [0.5, 0.6) is 0 Å². The third-order valence-corrected chi connectivity index (χ3v) is 2.54. The van der Waals surface area contributed by atoms with Crippen LogP contribution in [0, 0.1) is 0 Å². The van der Waals surface area contributed by atoms with Crippen LogP contribution < -0.4 is 11.4 Å². The highest BCUT2D eigenvalue weighted by atomic mass is 16.6. The zero-order valence-electron chi connectivity index (χ0n) is 8.67. The molecule has 1 saturated heterocycles. The minimum Gasteiger partial charge on any atom is -0.394 e. The minimum absolute atomic E-state index is 0.196. The van der Waals surface area contributed by atoms with Crippen LogP contribution in [-0.4, -0.2) is 54.8 Å². The van der Waals surface area contributed by atoms with Gasteiger partial charge in [0.2, 0.25) is 5.95 Å². The van der Waals surface area contributed by atoms with Gasteiger partial charge in [-0.15, -0.1) is 0 Å². The van der Waals surface area contributed by atoms with Crippen molar-refractivity contribution in [2.24, 2.45) is 0 Å². The summed E-state index contributed by atoms with van der Waals surface area (Å²) in [4.78, 5) is 18.4. The van der Waals surface area contributed by atoms with Crippen LogP contribution in [0.2, 0.25) is 0 Å². The highest BCUT2D eigenvalue weighted by molar-refractivity contribution is 5.10. The molecule has 3 unspecified atom stereocenters. The van der Waals surface area contributed by atoms with E-state index in [1.54, 1.807) is 0 Å². The Morgan fingerprint density at radius 2 is 2.18 bits per heavy atom. The average Bonchev–Trinajstić information content (AvgIpc) is 2.57. The van der Waals surface area contributed by atoms with Gasteiger partial charge in [-0.25, -0.2) is 9.78 Å². The molecule has 0 bridgehead atoms. The second kappa shape index (κ2) is 4.37. The van der Waals surface area contributed by atoms with Crippen molar-refractivity contribution in [1.29, 1.82) is 0 Å². The Balaban J connectivity index is 2.32. The van der Waals surface area contributed by atoms with E-state index in [0.29, 0.717) is 0 Å². The molecule has 17 heavy (non-hydrogen) atoms. The lowest BCUT2D eigenvalue weighted by molar-refractivity contribution is -0.0554. The van der Waals surface area contributed by atoms with Crippen molar-refractivity contribution in [3.63, 3.8) is 0 Å². The van der Waals surface area contributed by atoms with Crippen molar-refractivity contribution in [3.05, 3.63) is 16.8 Å². The molecule has 0 aromatic carbocycles. The van der Waals surface area contributed by atoms with Crippen LogP contribution in [0.1, 0.15) is 6.23 Å². The van der Waals surface area contributed by atoms with Crippen molar-refractivity contribution >= 4 is 5.95 Å². The smallest absolute Gasteiger partial charge is 0.354 e. The van der Waals surface area contributed by atoms with Gasteiger partial charge >= 0.3 is 5.69 Å². The van der Waals surface area contributed by atoms with Crippen molar-refractivity contribution in [2.75, 3.05) is 12.3 Å². The van der Waals surface area contributed by atoms with Crippen molar-refractivity contribution in [2.45, 2.75) is 24.5 Å². The molecule has 1 aromatic heterocycles. The number of aliphatic hydroxyl groups excluding tert-OH is 3. The predicted octanol–water partition coefficient (Wildman–Crippen LogP) is -3.17. The van der Waals surface area contributed by atoms with E-state index in [0.717, 1.165) is 10.9 Å². The summed E-state index contributed by atoms with van der Waals surface area (Å²) in [7, 11) is 0. The molecule has 0 amide bonds. The standard InChI is InChI=1S/C8H12N4O5/c9-7-10-2-12(8(16)11-7)6-5(15)4(14)3(1-13)17-6/h2-6,13-15H,1H2,(H2,9,11,16)/t3?,4?,5?,6-/m1/s1. The molecule has 9 heteroatoms. The summed E-state index contributed by atoms with van der Waals surface area (Å²) in [6.45, 7) is -0.473. The molecule has 1 aliphatic heterocycles. The number of nitrogen functional groups attached to an aromatic ring is 1. The van der Waals surface area contributed by atoms with E-state index in [-0.39, 0.29) is 5.95 Å². The lowest BCUT2D eigenvalue weighted by atomic mass is 10.1. The second-order valence-corrected chi connectivity index (χ2v) is 3.63. The summed E-state index contributed by atoms with van der Waals surface area (Å²) in [5, 5.41) is 28.1. The van der Waals surface area contributed by atoms with Crippen LogP contribution >= 0.6 is 0 Å². The monoisotopic (exact) mass is 244 g/mol. The Labute approximate surface area is 95.1 Å². The van der Waals surface area contributed by atoms with Gasteiger partial charge in [0.05, 0.1) is 6.61 Å². The fourth-order valence-electron chi connectivity index (χ4n) is 1.64. The van der Waals surface area contributed by atoms with E-state index < -0.39 is 36.8 Å². The third kappa shape index (κ3) is 2.00. The Kier molecular flexibility index (Phi) is 3.07. The van der Waals surface area contributed by atoms with Gasteiger partial charge in [0.1, 0.15) is 24.6 Å². The van der Waals surface area contributed by atoms with E-state index in [1.807, 2.05) is 0 Å².